The van der Waals surface area contributed by atoms with E-state index in [9.17, 15) is 0 Å². The Morgan fingerprint density at radius 1 is 1.30 bits per heavy atom. The summed E-state index contributed by atoms with van der Waals surface area (Å²) in [5.41, 5.74) is 5.88. The molecular formula is C12H10N8. The van der Waals surface area contributed by atoms with E-state index in [2.05, 4.69) is 26.1 Å². The molecular weight excluding hydrogens is 256 g/mol. The largest absolute Gasteiger partial charge is 0.276 e. The van der Waals surface area contributed by atoms with E-state index in [1.165, 1.54) is 11.0 Å². The Bertz CT molecular complexity index is 714. The molecule has 0 fully saturated rings. The lowest BCUT2D eigenvalue weighted by Crippen LogP contribution is -2.02. The average molecular weight is 266 g/mol. The van der Waals surface area contributed by atoms with Gasteiger partial charge in [-0.2, -0.15) is 15.6 Å². The third-order valence-electron chi connectivity index (χ3n) is 2.77. The van der Waals surface area contributed by atoms with Gasteiger partial charge in [-0.25, -0.2) is 4.68 Å². The van der Waals surface area contributed by atoms with E-state index >= 15 is 0 Å². The zero-order valence-electron chi connectivity index (χ0n) is 10.9. The van der Waals surface area contributed by atoms with Gasteiger partial charge in [-0.05, 0) is 47.5 Å². The van der Waals surface area contributed by atoms with Gasteiger partial charge in [0.1, 0.15) is 18.5 Å². The predicted octanol–water partition coefficient (Wildman–Crippen LogP) is 1.09. The summed E-state index contributed by atoms with van der Waals surface area (Å²) in [6.07, 6.45) is 1.48. The number of aryl methyl sites for hydroxylation is 1. The van der Waals surface area contributed by atoms with Crippen molar-refractivity contribution in [2.24, 2.45) is 5.10 Å². The minimum absolute atomic E-state index is 0.241. The first kappa shape index (κ1) is 13.2. The van der Waals surface area contributed by atoms with Crippen LogP contribution in [0.2, 0.25) is 0 Å². The summed E-state index contributed by atoms with van der Waals surface area (Å²) in [7, 11) is 0. The van der Waals surface area contributed by atoms with E-state index in [4.69, 9.17) is 10.5 Å². The van der Waals surface area contributed by atoms with Crippen LogP contribution in [0.4, 0.5) is 5.69 Å². The molecule has 2 aromatic rings. The van der Waals surface area contributed by atoms with Gasteiger partial charge in [-0.1, -0.05) is 0 Å². The van der Waals surface area contributed by atoms with Crippen molar-refractivity contribution in [2.45, 2.75) is 13.8 Å². The highest BCUT2D eigenvalue weighted by Crippen LogP contribution is 2.23. The standard InChI is InChI=1S/C12H10N8/c1-8-3-11(20-7-15-18-19-20)4-12(9(8)2)17-16-10(5-13)6-14/h3-4,7,17H,1-2H3. The van der Waals surface area contributed by atoms with Crippen molar-refractivity contribution >= 4 is 11.4 Å². The third kappa shape index (κ3) is 2.60. The highest BCUT2D eigenvalue weighted by Gasteiger charge is 2.07. The zero-order chi connectivity index (χ0) is 14.5. The molecule has 0 aliphatic carbocycles. The van der Waals surface area contributed by atoms with Crippen LogP contribution in [0.5, 0.6) is 0 Å². The minimum atomic E-state index is -0.241. The molecule has 20 heavy (non-hydrogen) atoms. The van der Waals surface area contributed by atoms with Crippen molar-refractivity contribution < 1.29 is 0 Å². The van der Waals surface area contributed by atoms with E-state index < -0.39 is 0 Å². The lowest BCUT2D eigenvalue weighted by Gasteiger charge is -2.10. The van der Waals surface area contributed by atoms with Gasteiger partial charge >= 0.3 is 0 Å². The highest BCUT2D eigenvalue weighted by atomic mass is 15.5. The molecule has 1 aromatic carbocycles. The molecule has 8 nitrogen and oxygen atoms in total. The monoisotopic (exact) mass is 266 g/mol. The molecule has 0 saturated heterocycles. The van der Waals surface area contributed by atoms with Crippen molar-refractivity contribution in [3.8, 4) is 17.8 Å². The van der Waals surface area contributed by atoms with Crippen LogP contribution in [0.25, 0.3) is 5.69 Å². The average Bonchev–Trinajstić information content (AvgIpc) is 2.98. The van der Waals surface area contributed by atoms with Gasteiger partial charge in [-0.15, -0.1) is 5.10 Å². The highest BCUT2D eigenvalue weighted by molar-refractivity contribution is 6.10. The van der Waals surface area contributed by atoms with E-state index in [0.717, 1.165) is 16.8 Å². The van der Waals surface area contributed by atoms with Crippen molar-refractivity contribution in [3.63, 3.8) is 0 Å². The van der Waals surface area contributed by atoms with Crippen LogP contribution in [0.3, 0.4) is 0 Å². The Kier molecular flexibility index (Phi) is 3.68. The van der Waals surface area contributed by atoms with Crippen LogP contribution in [0, 0.1) is 36.5 Å². The van der Waals surface area contributed by atoms with Gasteiger partial charge in [0.15, 0.2) is 0 Å². The van der Waals surface area contributed by atoms with Gasteiger partial charge in [0.05, 0.1) is 11.4 Å². The molecule has 8 heteroatoms. The number of hydrogen-bond donors (Lipinski definition) is 1. The van der Waals surface area contributed by atoms with Crippen LogP contribution < -0.4 is 5.43 Å². The smallest absolute Gasteiger partial charge is 0.237 e. The van der Waals surface area contributed by atoms with Crippen LogP contribution in [-0.2, 0) is 0 Å². The summed E-state index contributed by atoms with van der Waals surface area (Å²) < 4.78 is 1.51. The maximum absolute atomic E-state index is 8.66. The molecule has 0 radical (unpaired) electrons. The molecule has 0 bridgehead atoms. The summed E-state index contributed by atoms with van der Waals surface area (Å²) in [6.45, 7) is 3.85. The maximum Gasteiger partial charge on any atom is 0.237 e. The first-order valence-electron chi connectivity index (χ1n) is 5.64. The number of hydrogen-bond acceptors (Lipinski definition) is 7. The second-order valence-corrected chi connectivity index (χ2v) is 3.99. The molecule has 1 N–H and O–H groups in total. The molecule has 0 atom stereocenters. The normalized spacial score (nSPS) is 9.40. The molecule has 0 aliphatic rings. The van der Waals surface area contributed by atoms with E-state index in [0.29, 0.717) is 5.69 Å². The number of nitrogens with one attached hydrogen (secondary N) is 1. The number of aromatic nitrogens is 4. The van der Waals surface area contributed by atoms with Gasteiger partial charge in [0, 0.05) is 0 Å². The topological polar surface area (TPSA) is 116 Å². The lowest BCUT2D eigenvalue weighted by atomic mass is 10.1. The minimum Gasteiger partial charge on any atom is -0.276 e. The second kappa shape index (κ2) is 5.59. The number of anilines is 1. The van der Waals surface area contributed by atoms with Crippen LogP contribution in [-0.4, -0.2) is 25.9 Å². The molecule has 0 saturated carbocycles. The SMILES string of the molecule is Cc1cc(-n2cnnn2)cc(NN=C(C#N)C#N)c1C. The van der Waals surface area contributed by atoms with E-state index in [1.807, 2.05) is 19.9 Å². The third-order valence-corrected chi connectivity index (χ3v) is 2.77. The molecule has 1 aromatic heterocycles. The second-order valence-electron chi connectivity index (χ2n) is 3.99. The number of rotatable bonds is 3. The van der Waals surface area contributed by atoms with Crippen molar-refractivity contribution in [1.29, 1.82) is 10.5 Å². The molecule has 0 spiro atoms. The van der Waals surface area contributed by atoms with Crippen molar-refractivity contribution in [1.82, 2.24) is 20.2 Å². The Morgan fingerprint density at radius 3 is 2.65 bits per heavy atom. The number of benzene rings is 1. The van der Waals surface area contributed by atoms with E-state index in [-0.39, 0.29) is 5.71 Å². The lowest BCUT2D eigenvalue weighted by molar-refractivity contribution is 0.788. The Morgan fingerprint density at radius 2 is 2.05 bits per heavy atom. The fourth-order valence-electron chi connectivity index (χ4n) is 1.56. The Balaban J connectivity index is 2.41. The van der Waals surface area contributed by atoms with Crippen molar-refractivity contribution in [3.05, 3.63) is 29.6 Å². The first-order valence-corrected chi connectivity index (χ1v) is 5.64. The molecule has 0 aliphatic heterocycles. The summed E-state index contributed by atoms with van der Waals surface area (Å²) >= 11 is 0. The number of tetrazole rings is 1. The van der Waals surface area contributed by atoms with E-state index in [1.54, 1.807) is 18.2 Å². The summed E-state index contributed by atoms with van der Waals surface area (Å²) in [5.74, 6) is 0. The zero-order valence-corrected chi connectivity index (χ0v) is 10.9. The first-order chi connectivity index (χ1) is 9.65. The molecule has 0 unspecified atom stereocenters. The number of nitriles is 2. The fraction of sp³-hybridized carbons (Fsp3) is 0.167. The summed E-state index contributed by atoms with van der Waals surface area (Å²) in [5, 5.41) is 32.0. The van der Waals surface area contributed by atoms with Gasteiger partial charge < -0.3 is 0 Å². The quantitative estimate of drug-likeness (QED) is 0.656. The summed E-state index contributed by atoms with van der Waals surface area (Å²) in [6, 6.07) is 7.09. The number of nitrogens with zero attached hydrogens (tertiary/aromatic N) is 7. The van der Waals surface area contributed by atoms with Crippen molar-refractivity contribution in [2.75, 3.05) is 5.43 Å². The van der Waals surface area contributed by atoms with Gasteiger partial charge in [-0.3, -0.25) is 5.43 Å². The maximum atomic E-state index is 8.66. The molecule has 98 valence electrons. The van der Waals surface area contributed by atoms with Gasteiger partial charge in [0.25, 0.3) is 0 Å². The summed E-state index contributed by atoms with van der Waals surface area (Å²) in [4.78, 5) is 0. The van der Waals surface area contributed by atoms with Crippen LogP contribution in [0.15, 0.2) is 23.6 Å². The molecule has 0 amide bonds. The van der Waals surface area contributed by atoms with Gasteiger partial charge in [0.2, 0.25) is 5.71 Å². The van der Waals surface area contributed by atoms with Crippen LogP contribution in [0.1, 0.15) is 11.1 Å². The predicted molar refractivity (Wildman–Crippen MR) is 70.9 cm³/mol. The molecule has 1 heterocycles. The fourth-order valence-corrected chi connectivity index (χ4v) is 1.56. The number of hydrazone groups is 1. The Labute approximate surface area is 114 Å². The Hall–Kier alpha value is -3.26. The molecule has 2 rings (SSSR count). The van der Waals surface area contributed by atoms with Crippen LogP contribution >= 0.6 is 0 Å².